The van der Waals surface area contributed by atoms with Gasteiger partial charge in [-0.05, 0) is 18.2 Å². The van der Waals surface area contributed by atoms with E-state index in [2.05, 4.69) is 15.6 Å². The maximum absolute atomic E-state index is 13.5. The van der Waals surface area contributed by atoms with E-state index in [1.54, 1.807) is 25.4 Å². The number of nitrogens with zero attached hydrogens (tertiary/aromatic N) is 2. The van der Waals surface area contributed by atoms with Gasteiger partial charge in [0.15, 0.2) is 0 Å². The maximum atomic E-state index is 13.5. The Labute approximate surface area is 115 Å². The van der Waals surface area contributed by atoms with Crippen molar-refractivity contribution in [1.82, 2.24) is 4.98 Å². The van der Waals surface area contributed by atoms with Gasteiger partial charge in [-0.1, -0.05) is 6.07 Å². The molecule has 0 bridgehead atoms. The van der Waals surface area contributed by atoms with Gasteiger partial charge < -0.3 is 10.6 Å². The Kier molecular flexibility index (Phi) is 3.91. The van der Waals surface area contributed by atoms with Crippen LogP contribution in [-0.4, -0.2) is 17.9 Å². The number of amides is 1. The fraction of sp³-hybridized carbons (Fsp3) is 0.0714. The number of anilines is 2. The van der Waals surface area contributed by atoms with Crippen molar-refractivity contribution in [3.63, 3.8) is 0 Å². The highest BCUT2D eigenvalue weighted by molar-refractivity contribution is 6.08. The summed E-state index contributed by atoms with van der Waals surface area (Å²) in [5.74, 6) is -1.14. The first-order valence-electron chi connectivity index (χ1n) is 5.79. The van der Waals surface area contributed by atoms with E-state index >= 15 is 0 Å². The lowest BCUT2D eigenvalue weighted by Gasteiger charge is -2.10. The number of aromatic nitrogens is 1. The molecule has 6 heteroatoms. The third-order valence-electron chi connectivity index (χ3n) is 2.71. The van der Waals surface area contributed by atoms with Crippen molar-refractivity contribution in [2.75, 3.05) is 17.7 Å². The first-order valence-corrected chi connectivity index (χ1v) is 5.79. The molecule has 2 N–H and O–H groups in total. The zero-order chi connectivity index (χ0) is 14.5. The molecule has 1 amide bonds. The highest BCUT2D eigenvalue weighted by Crippen LogP contribution is 2.20. The van der Waals surface area contributed by atoms with Crippen LogP contribution in [0.1, 0.15) is 15.9 Å². The number of benzene rings is 1. The third kappa shape index (κ3) is 2.57. The van der Waals surface area contributed by atoms with Crippen molar-refractivity contribution in [1.29, 1.82) is 5.26 Å². The average Bonchev–Trinajstić information content (AvgIpc) is 2.47. The van der Waals surface area contributed by atoms with Crippen LogP contribution >= 0.6 is 0 Å². The Morgan fingerprint density at radius 1 is 1.35 bits per heavy atom. The molecule has 0 aliphatic heterocycles. The molecule has 0 saturated carbocycles. The van der Waals surface area contributed by atoms with Crippen LogP contribution in [0.4, 0.5) is 15.8 Å². The van der Waals surface area contributed by atoms with Gasteiger partial charge in [0.25, 0.3) is 5.91 Å². The minimum atomic E-state index is -0.676. The number of carbonyl (C=O) groups is 1. The largest absolute Gasteiger partial charge is 0.387 e. The zero-order valence-corrected chi connectivity index (χ0v) is 10.6. The molecule has 1 heterocycles. The topological polar surface area (TPSA) is 77.8 Å². The van der Waals surface area contributed by atoms with Gasteiger partial charge in [0.2, 0.25) is 0 Å². The zero-order valence-electron chi connectivity index (χ0n) is 10.6. The van der Waals surface area contributed by atoms with Crippen LogP contribution in [0.5, 0.6) is 0 Å². The maximum Gasteiger partial charge on any atom is 0.259 e. The number of nitriles is 1. The van der Waals surface area contributed by atoms with Crippen molar-refractivity contribution in [3.05, 3.63) is 53.6 Å². The summed E-state index contributed by atoms with van der Waals surface area (Å²) < 4.78 is 13.5. The monoisotopic (exact) mass is 270 g/mol. The number of rotatable bonds is 3. The van der Waals surface area contributed by atoms with Crippen LogP contribution in [0.15, 0.2) is 36.7 Å². The minimum Gasteiger partial charge on any atom is -0.387 e. The van der Waals surface area contributed by atoms with Gasteiger partial charge in [-0.3, -0.25) is 9.78 Å². The summed E-state index contributed by atoms with van der Waals surface area (Å²) in [6, 6.07) is 7.43. The van der Waals surface area contributed by atoms with Gasteiger partial charge in [0.1, 0.15) is 17.4 Å². The van der Waals surface area contributed by atoms with Gasteiger partial charge in [-0.15, -0.1) is 0 Å². The van der Waals surface area contributed by atoms with E-state index in [0.29, 0.717) is 11.3 Å². The molecule has 0 aliphatic rings. The first kappa shape index (κ1) is 13.5. The fourth-order valence-corrected chi connectivity index (χ4v) is 1.72. The lowest BCUT2D eigenvalue weighted by Crippen LogP contribution is -2.15. The van der Waals surface area contributed by atoms with E-state index in [9.17, 15) is 9.18 Å². The van der Waals surface area contributed by atoms with Gasteiger partial charge in [-0.2, -0.15) is 5.26 Å². The van der Waals surface area contributed by atoms with Gasteiger partial charge in [0.05, 0.1) is 11.3 Å². The fourth-order valence-electron chi connectivity index (χ4n) is 1.72. The summed E-state index contributed by atoms with van der Waals surface area (Å²) >= 11 is 0. The predicted molar refractivity (Wildman–Crippen MR) is 72.9 cm³/mol. The second-order valence-electron chi connectivity index (χ2n) is 3.90. The van der Waals surface area contributed by atoms with E-state index in [1.807, 2.05) is 0 Å². The molecule has 2 aromatic rings. The van der Waals surface area contributed by atoms with Crippen molar-refractivity contribution < 1.29 is 9.18 Å². The van der Waals surface area contributed by atoms with Crippen LogP contribution in [0.3, 0.4) is 0 Å². The Bertz CT molecular complexity index is 694. The first-order chi connectivity index (χ1) is 9.67. The molecule has 2 rings (SSSR count). The molecule has 0 saturated heterocycles. The molecule has 0 radical (unpaired) electrons. The summed E-state index contributed by atoms with van der Waals surface area (Å²) in [7, 11) is 1.68. The third-order valence-corrected chi connectivity index (χ3v) is 2.71. The minimum absolute atomic E-state index is 0.128. The molecule has 0 atom stereocenters. The molecule has 0 aliphatic carbocycles. The number of halogens is 1. The molecule has 20 heavy (non-hydrogen) atoms. The van der Waals surface area contributed by atoms with Crippen molar-refractivity contribution >= 4 is 17.3 Å². The molecular formula is C14H11FN4O. The van der Waals surface area contributed by atoms with Gasteiger partial charge in [0, 0.05) is 25.1 Å². The standard InChI is InChI=1S/C14H11FN4O/c1-17-12-5-6-18-8-10(12)14(20)19-13-4-2-3-11(15)9(13)7-16/h2-6,8H,1H3,(H,17,18)(H,19,20). The molecule has 1 aromatic heterocycles. The van der Waals surface area contributed by atoms with Crippen molar-refractivity contribution in [2.45, 2.75) is 0 Å². The number of hydrogen-bond acceptors (Lipinski definition) is 4. The second-order valence-corrected chi connectivity index (χ2v) is 3.90. The quantitative estimate of drug-likeness (QED) is 0.897. The van der Waals surface area contributed by atoms with Gasteiger partial charge in [-0.25, -0.2) is 4.39 Å². The van der Waals surface area contributed by atoms with E-state index in [1.165, 1.54) is 18.3 Å². The van der Waals surface area contributed by atoms with E-state index in [4.69, 9.17) is 5.26 Å². The Morgan fingerprint density at radius 3 is 2.85 bits per heavy atom. The van der Waals surface area contributed by atoms with Crippen molar-refractivity contribution in [2.24, 2.45) is 0 Å². The van der Waals surface area contributed by atoms with Crippen LogP contribution in [0.25, 0.3) is 0 Å². The van der Waals surface area contributed by atoms with Crippen molar-refractivity contribution in [3.8, 4) is 6.07 Å². The number of carbonyl (C=O) groups excluding carboxylic acids is 1. The average molecular weight is 270 g/mol. The number of pyridine rings is 1. The normalized spacial score (nSPS) is 9.65. The van der Waals surface area contributed by atoms with Crippen LogP contribution in [0, 0.1) is 17.1 Å². The van der Waals surface area contributed by atoms with Crippen LogP contribution in [-0.2, 0) is 0 Å². The summed E-state index contributed by atoms with van der Waals surface area (Å²) in [4.78, 5) is 16.0. The molecule has 0 fully saturated rings. The van der Waals surface area contributed by atoms with E-state index < -0.39 is 11.7 Å². The van der Waals surface area contributed by atoms with Gasteiger partial charge >= 0.3 is 0 Å². The van der Waals surface area contributed by atoms with Crippen LogP contribution < -0.4 is 10.6 Å². The lowest BCUT2D eigenvalue weighted by atomic mass is 10.1. The van der Waals surface area contributed by atoms with E-state index in [-0.39, 0.29) is 11.3 Å². The number of nitrogens with one attached hydrogen (secondary N) is 2. The smallest absolute Gasteiger partial charge is 0.259 e. The molecule has 0 unspecified atom stereocenters. The number of hydrogen-bond donors (Lipinski definition) is 2. The molecule has 1 aromatic carbocycles. The summed E-state index contributed by atoms with van der Waals surface area (Å²) in [5.41, 5.74) is 0.828. The highest BCUT2D eigenvalue weighted by atomic mass is 19.1. The SMILES string of the molecule is CNc1ccncc1C(=O)Nc1cccc(F)c1C#N. The summed E-state index contributed by atoms with van der Waals surface area (Å²) in [6.45, 7) is 0. The molecular weight excluding hydrogens is 259 g/mol. The Balaban J connectivity index is 2.34. The van der Waals surface area contributed by atoms with E-state index in [0.717, 1.165) is 6.07 Å². The Hall–Kier alpha value is -2.94. The highest BCUT2D eigenvalue weighted by Gasteiger charge is 2.14. The second kappa shape index (κ2) is 5.80. The lowest BCUT2D eigenvalue weighted by molar-refractivity contribution is 0.102. The predicted octanol–water partition coefficient (Wildman–Crippen LogP) is 2.39. The summed E-state index contributed by atoms with van der Waals surface area (Å²) in [6.07, 6.45) is 2.94. The summed E-state index contributed by atoms with van der Waals surface area (Å²) in [5, 5.41) is 14.3. The van der Waals surface area contributed by atoms with Crippen LogP contribution in [0.2, 0.25) is 0 Å². The molecule has 100 valence electrons. The molecule has 0 spiro atoms. The Morgan fingerprint density at radius 2 is 2.15 bits per heavy atom. The molecule has 5 nitrogen and oxygen atoms in total.